The zero-order valence-electron chi connectivity index (χ0n) is 12.6. The molecule has 0 bridgehead atoms. The molecule has 2 aromatic carbocycles. The molecule has 0 aliphatic rings. The van der Waals surface area contributed by atoms with E-state index >= 15 is 0 Å². The third-order valence-electron chi connectivity index (χ3n) is 3.63. The first-order valence-electron chi connectivity index (χ1n) is 7.31. The summed E-state index contributed by atoms with van der Waals surface area (Å²) < 4.78 is 19.0. The molecule has 112 valence electrons. The van der Waals surface area contributed by atoms with Crippen LogP contribution in [0.4, 0.5) is 4.39 Å². The van der Waals surface area contributed by atoms with Crippen molar-refractivity contribution < 1.29 is 9.13 Å². The monoisotopic (exact) mass is 287 g/mol. The molecule has 1 atom stereocenters. The molecule has 0 aliphatic carbocycles. The van der Waals surface area contributed by atoms with E-state index in [9.17, 15) is 4.39 Å². The van der Waals surface area contributed by atoms with Crippen LogP contribution in [-0.4, -0.2) is 6.04 Å². The standard InChI is InChI=1S/C18H22FNO/c1-3-17(20)9-14-5-4-6-18(10-14)21-12-15-11-16(19)8-7-13(15)2/h4-8,10-11,17H,3,9,12,20H2,1-2H3. The molecule has 0 amide bonds. The van der Waals surface area contributed by atoms with Crippen molar-refractivity contribution in [1.82, 2.24) is 0 Å². The van der Waals surface area contributed by atoms with Gasteiger partial charge in [0, 0.05) is 6.04 Å². The summed E-state index contributed by atoms with van der Waals surface area (Å²) in [6.07, 6.45) is 1.79. The molecule has 2 N–H and O–H groups in total. The first-order chi connectivity index (χ1) is 10.1. The summed E-state index contributed by atoms with van der Waals surface area (Å²) in [6, 6.07) is 12.9. The number of hydrogen-bond acceptors (Lipinski definition) is 2. The Morgan fingerprint density at radius 2 is 2.00 bits per heavy atom. The zero-order valence-corrected chi connectivity index (χ0v) is 12.6. The largest absolute Gasteiger partial charge is 0.489 e. The van der Waals surface area contributed by atoms with E-state index in [-0.39, 0.29) is 11.9 Å². The second-order valence-corrected chi connectivity index (χ2v) is 5.38. The quantitative estimate of drug-likeness (QED) is 0.871. The van der Waals surface area contributed by atoms with Crippen LogP contribution in [-0.2, 0) is 13.0 Å². The molecule has 3 heteroatoms. The van der Waals surface area contributed by atoms with Crippen LogP contribution >= 0.6 is 0 Å². The van der Waals surface area contributed by atoms with Crippen molar-refractivity contribution in [3.63, 3.8) is 0 Å². The average Bonchev–Trinajstić information content (AvgIpc) is 2.48. The van der Waals surface area contributed by atoms with E-state index in [0.717, 1.165) is 35.3 Å². The van der Waals surface area contributed by atoms with Crippen molar-refractivity contribution in [1.29, 1.82) is 0 Å². The number of aryl methyl sites for hydroxylation is 1. The molecule has 2 nitrogen and oxygen atoms in total. The van der Waals surface area contributed by atoms with Gasteiger partial charge in [-0.1, -0.05) is 25.1 Å². The number of rotatable bonds is 6. The maximum Gasteiger partial charge on any atom is 0.123 e. The first-order valence-corrected chi connectivity index (χ1v) is 7.31. The zero-order chi connectivity index (χ0) is 15.2. The Morgan fingerprint density at radius 1 is 1.19 bits per heavy atom. The maximum absolute atomic E-state index is 13.3. The lowest BCUT2D eigenvalue weighted by molar-refractivity contribution is 0.304. The molecule has 2 aromatic rings. The maximum atomic E-state index is 13.3. The van der Waals surface area contributed by atoms with Gasteiger partial charge in [-0.2, -0.15) is 0 Å². The van der Waals surface area contributed by atoms with Crippen molar-refractivity contribution >= 4 is 0 Å². The molecule has 1 unspecified atom stereocenters. The number of ether oxygens (including phenoxy) is 1. The topological polar surface area (TPSA) is 35.2 Å². The highest BCUT2D eigenvalue weighted by Gasteiger charge is 2.05. The Kier molecular flexibility index (Phi) is 5.34. The fourth-order valence-corrected chi connectivity index (χ4v) is 2.17. The van der Waals surface area contributed by atoms with E-state index in [0.29, 0.717) is 6.61 Å². The molecule has 0 saturated heterocycles. The lowest BCUT2D eigenvalue weighted by atomic mass is 10.0. The summed E-state index contributed by atoms with van der Waals surface area (Å²) in [5, 5.41) is 0. The summed E-state index contributed by atoms with van der Waals surface area (Å²) in [5.41, 5.74) is 9.03. The number of nitrogens with two attached hydrogens (primary N) is 1. The van der Waals surface area contributed by atoms with Crippen LogP contribution in [0.2, 0.25) is 0 Å². The molecule has 0 aromatic heterocycles. The van der Waals surface area contributed by atoms with E-state index in [4.69, 9.17) is 10.5 Å². The Morgan fingerprint density at radius 3 is 2.76 bits per heavy atom. The second kappa shape index (κ2) is 7.23. The van der Waals surface area contributed by atoms with Gasteiger partial charge in [0.25, 0.3) is 0 Å². The van der Waals surface area contributed by atoms with Gasteiger partial charge in [-0.05, 0) is 60.7 Å². The predicted molar refractivity (Wildman–Crippen MR) is 83.9 cm³/mol. The summed E-state index contributed by atoms with van der Waals surface area (Å²) in [5.74, 6) is 0.557. The van der Waals surface area contributed by atoms with Crippen LogP contribution < -0.4 is 10.5 Å². The fraction of sp³-hybridized carbons (Fsp3) is 0.333. The van der Waals surface area contributed by atoms with Gasteiger partial charge >= 0.3 is 0 Å². The number of benzene rings is 2. The number of hydrogen-bond donors (Lipinski definition) is 1. The van der Waals surface area contributed by atoms with Gasteiger partial charge in [0.1, 0.15) is 18.2 Å². The van der Waals surface area contributed by atoms with Gasteiger partial charge in [0.2, 0.25) is 0 Å². The van der Waals surface area contributed by atoms with Crippen LogP contribution in [0.25, 0.3) is 0 Å². The molecule has 2 rings (SSSR count). The van der Waals surface area contributed by atoms with Crippen molar-refractivity contribution in [2.24, 2.45) is 5.73 Å². The van der Waals surface area contributed by atoms with E-state index in [1.807, 2.05) is 25.1 Å². The average molecular weight is 287 g/mol. The van der Waals surface area contributed by atoms with E-state index in [2.05, 4.69) is 13.0 Å². The smallest absolute Gasteiger partial charge is 0.123 e. The SMILES string of the molecule is CCC(N)Cc1cccc(OCc2cc(F)ccc2C)c1. The van der Waals surface area contributed by atoms with Gasteiger partial charge in [-0.3, -0.25) is 0 Å². The highest BCUT2D eigenvalue weighted by molar-refractivity contribution is 5.31. The van der Waals surface area contributed by atoms with E-state index in [1.165, 1.54) is 12.1 Å². The number of halogens is 1. The molecule has 21 heavy (non-hydrogen) atoms. The molecule has 0 aliphatic heterocycles. The van der Waals surface area contributed by atoms with Gasteiger partial charge in [-0.25, -0.2) is 4.39 Å². The van der Waals surface area contributed by atoms with Crippen LogP contribution in [0.3, 0.4) is 0 Å². The van der Waals surface area contributed by atoms with Crippen molar-refractivity contribution in [2.45, 2.75) is 39.3 Å². The van der Waals surface area contributed by atoms with Crippen LogP contribution in [0.1, 0.15) is 30.0 Å². The van der Waals surface area contributed by atoms with Crippen molar-refractivity contribution in [3.8, 4) is 5.75 Å². The first kappa shape index (κ1) is 15.5. The summed E-state index contributed by atoms with van der Waals surface area (Å²) in [6.45, 7) is 4.40. The van der Waals surface area contributed by atoms with Gasteiger partial charge in [-0.15, -0.1) is 0 Å². The Hall–Kier alpha value is -1.87. The van der Waals surface area contributed by atoms with Gasteiger partial charge in [0.05, 0.1) is 0 Å². The Balaban J connectivity index is 2.03. The predicted octanol–water partition coefficient (Wildman–Crippen LogP) is 3.99. The third kappa shape index (κ3) is 4.57. The van der Waals surface area contributed by atoms with Gasteiger partial charge in [0.15, 0.2) is 0 Å². The highest BCUT2D eigenvalue weighted by atomic mass is 19.1. The van der Waals surface area contributed by atoms with Crippen LogP contribution in [0.15, 0.2) is 42.5 Å². The lowest BCUT2D eigenvalue weighted by Crippen LogP contribution is -2.21. The molecule has 0 fully saturated rings. The minimum Gasteiger partial charge on any atom is -0.489 e. The van der Waals surface area contributed by atoms with Crippen LogP contribution in [0, 0.1) is 12.7 Å². The second-order valence-electron chi connectivity index (χ2n) is 5.38. The van der Waals surface area contributed by atoms with Crippen molar-refractivity contribution in [2.75, 3.05) is 0 Å². The fourth-order valence-electron chi connectivity index (χ4n) is 2.17. The van der Waals surface area contributed by atoms with E-state index in [1.54, 1.807) is 6.07 Å². The minimum atomic E-state index is -0.234. The molecule has 0 saturated carbocycles. The highest BCUT2D eigenvalue weighted by Crippen LogP contribution is 2.18. The Bertz CT molecular complexity index is 598. The summed E-state index contributed by atoms with van der Waals surface area (Å²) >= 11 is 0. The van der Waals surface area contributed by atoms with E-state index < -0.39 is 0 Å². The summed E-state index contributed by atoms with van der Waals surface area (Å²) in [7, 11) is 0. The lowest BCUT2D eigenvalue weighted by Gasteiger charge is -2.12. The minimum absolute atomic E-state index is 0.172. The summed E-state index contributed by atoms with van der Waals surface area (Å²) in [4.78, 5) is 0. The molecular weight excluding hydrogens is 265 g/mol. The molecule has 0 heterocycles. The molecular formula is C18H22FNO. The Labute approximate surface area is 125 Å². The molecule has 0 spiro atoms. The normalized spacial score (nSPS) is 12.2. The molecule has 0 radical (unpaired) electrons. The van der Waals surface area contributed by atoms with Gasteiger partial charge < -0.3 is 10.5 Å². The van der Waals surface area contributed by atoms with Crippen molar-refractivity contribution in [3.05, 3.63) is 65.0 Å². The van der Waals surface area contributed by atoms with Crippen LogP contribution in [0.5, 0.6) is 5.75 Å². The third-order valence-corrected chi connectivity index (χ3v) is 3.63.